The Morgan fingerprint density at radius 2 is 1.59 bits per heavy atom. The summed E-state index contributed by atoms with van der Waals surface area (Å²) in [6.45, 7) is 1.94. The van der Waals surface area contributed by atoms with Gasteiger partial charge in [-0.1, -0.05) is 30.3 Å². The minimum atomic E-state index is 0.675. The van der Waals surface area contributed by atoms with Gasteiger partial charge < -0.3 is 0 Å². The molecule has 0 radical (unpaired) electrons. The Balaban J connectivity index is 1.68. The molecule has 0 saturated heterocycles. The van der Waals surface area contributed by atoms with Crippen LogP contribution >= 0.6 is 0 Å². The molecule has 0 unspecified atom stereocenters. The van der Waals surface area contributed by atoms with Crippen molar-refractivity contribution in [1.82, 2.24) is 34.5 Å². The standard InChI is InChI=1S/C20H15N7/c1-14-21-10-11-26(14)19-16-6-2-3-7-17(16)20(25-24-19)27-13-15(12-23-27)18-8-4-5-9-22-18/h2-13H,1H3. The highest BCUT2D eigenvalue weighted by Crippen LogP contribution is 2.26. The van der Waals surface area contributed by atoms with Gasteiger partial charge in [-0.2, -0.15) is 5.10 Å². The average Bonchev–Trinajstić information content (AvgIpc) is 3.37. The number of hydrogen-bond donors (Lipinski definition) is 0. The van der Waals surface area contributed by atoms with Gasteiger partial charge in [-0.05, 0) is 19.1 Å². The van der Waals surface area contributed by atoms with Crippen molar-refractivity contribution in [2.75, 3.05) is 0 Å². The maximum Gasteiger partial charge on any atom is 0.183 e. The van der Waals surface area contributed by atoms with Crippen LogP contribution in [-0.2, 0) is 0 Å². The quantitative estimate of drug-likeness (QED) is 0.497. The summed E-state index contributed by atoms with van der Waals surface area (Å²) < 4.78 is 3.67. The van der Waals surface area contributed by atoms with Gasteiger partial charge in [0.15, 0.2) is 11.6 Å². The van der Waals surface area contributed by atoms with Crippen LogP contribution in [0.5, 0.6) is 0 Å². The molecule has 0 saturated carbocycles. The minimum absolute atomic E-state index is 0.675. The maximum atomic E-state index is 4.48. The first-order chi connectivity index (χ1) is 13.3. The highest BCUT2D eigenvalue weighted by molar-refractivity contribution is 5.93. The van der Waals surface area contributed by atoms with Crippen molar-refractivity contribution in [2.45, 2.75) is 6.92 Å². The lowest BCUT2D eigenvalue weighted by molar-refractivity contribution is 0.808. The molecular weight excluding hydrogens is 338 g/mol. The Morgan fingerprint density at radius 1 is 0.815 bits per heavy atom. The van der Waals surface area contributed by atoms with E-state index in [0.717, 1.165) is 33.7 Å². The highest BCUT2D eigenvalue weighted by Gasteiger charge is 2.14. The fourth-order valence-corrected chi connectivity index (χ4v) is 3.13. The number of aryl methyl sites for hydroxylation is 1. The van der Waals surface area contributed by atoms with Gasteiger partial charge in [0.25, 0.3) is 0 Å². The zero-order valence-electron chi connectivity index (χ0n) is 14.6. The molecule has 130 valence electrons. The molecule has 4 heterocycles. The second-order valence-corrected chi connectivity index (χ2v) is 6.13. The van der Waals surface area contributed by atoms with E-state index in [-0.39, 0.29) is 0 Å². The van der Waals surface area contributed by atoms with E-state index in [1.807, 2.05) is 66.3 Å². The first-order valence-electron chi connectivity index (χ1n) is 8.53. The van der Waals surface area contributed by atoms with E-state index in [0.29, 0.717) is 5.82 Å². The predicted octanol–water partition coefficient (Wildman–Crippen LogP) is 3.37. The summed E-state index contributed by atoms with van der Waals surface area (Å²) in [4.78, 5) is 8.66. The fraction of sp³-hybridized carbons (Fsp3) is 0.0500. The van der Waals surface area contributed by atoms with Crippen molar-refractivity contribution in [3.63, 3.8) is 0 Å². The van der Waals surface area contributed by atoms with Gasteiger partial charge in [0.1, 0.15) is 5.82 Å². The van der Waals surface area contributed by atoms with Gasteiger partial charge in [-0.15, -0.1) is 10.2 Å². The van der Waals surface area contributed by atoms with Crippen molar-refractivity contribution >= 4 is 10.8 Å². The average molecular weight is 353 g/mol. The lowest BCUT2D eigenvalue weighted by Gasteiger charge is -2.10. The highest BCUT2D eigenvalue weighted by atomic mass is 15.3. The van der Waals surface area contributed by atoms with E-state index in [1.165, 1.54) is 0 Å². The van der Waals surface area contributed by atoms with Crippen LogP contribution in [0.2, 0.25) is 0 Å². The van der Waals surface area contributed by atoms with Crippen LogP contribution in [0.3, 0.4) is 0 Å². The first kappa shape index (κ1) is 15.4. The molecule has 27 heavy (non-hydrogen) atoms. The van der Waals surface area contributed by atoms with Crippen molar-refractivity contribution in [3.8, 4) is 22.9 Å². The number of hydrogen-bond acceptors (Lipinski definition) is 5. The molecular formula is C20H15N7. The van der Waals surface area contributed by atoms with Crippen LogP contribution in [0.15, 0.2) is 73.4 Å². The number of pyridine rings is 1. The van der Waals surface area contributed by atoms with E-state index >= 15 is 0 Å². The zero-order chi connectivity index (χ0) is 18.2. The van der Waals surface area contributed by atoms with Crippen LogP contribution in [-0.4, -0.2) is 34.5 Å². The van der Waals surface area contributed by atoms with E-state index in [2.05, 4.69) is 25.3 Å². The van der Waals surface area contributed by atoms with Crippen LogP contribution in [0.4, 0.5) is 0 Å². The molecule has 7 heteroatoms. The maximum absolute atomic E-state index is 4.48. The van der Waals surface area contributed by atoms with Crippen molar-refractivity contribution in [3.05, 3.63) is 79.3 Å². The Kier molecular flexibility index (Phi) is 3.50. The molecule has 0 bridgehead atoms. The summed E-state index contributed by atoms with van der Waals surface area (Å²) >= 11 is 0. The van der Waals surface area contributed by atoms with Gasteiger partial charge in [0, 0.05) is 41.1 Å². The van der Waals surface area contributed by atoms with Crippen LogP contribution in [0, 0.1) is 6.92 Å². The molecule has 1 aromatic carbocycles. The SMILES string of the molecule is Cc1nccn1-c1nnc(-n2cc(-c3ccccn3)cn2)c2ccccc12. The third-order valence-electron chi connectivity index (χ3n) is 4.46. The second-order valence-electron chi connectivity index (χ2n) is 6.13. The van der Waals surface area contributed by atoms with Gasteiger partial charge in [-0.3, -0.25) is 9.55 Å². The number of benzene rings is 1. The molecule has 0 aliphatic carbocycles. The minimum Gasteiger partial charge on any atom is -0.286 e. The molecule has 7 nitrogen and oxygen atoms in total. The van der Waals surface area contributed by atoms with Crippen molar-refractivity contribution < 1.29 is 0 Å². The number of nitrogens with zero attached hydrogens (tertiary/aromatic N) is 7. The summed E-state index contributed by atoms with van der Waals surface area (Å²) in [7, 11) is 0. The molecule has 0 amide bonds. The summed E-state index contributed by atoms with van der Waals surface area (Å²) in [5, 5.41) is 15.4. The summed E-state index contributed by atoms with van der Waals surface area (Å²) in [6, 6.07) is 13.8. The van der Waals surface area contributed by atoms with E-state index in [4.69, 9.17) is 0 Å². The monoisotopic (exact) mass is 353 g/mol. The van der Waals surface area contributed by atoms with Crippen molar-refractivity contribution in [1.29, 1.82) is 0 Å². The smallest absolute Gasteiger partial charge is 0.183 e. The summed E-state index contributed by atoms with van der Waals surface area (Å²) in [5.41, 5.74) is 1.79. The van der Waals surface area contributed by atoms with Gasteiger partial charge >= 0.3 is 0 Å². The normalized spacial score (nSPS) is 11.1. The topological polar surface area (TPSA) is 74.3 Å². The molecule has 0 fully saturated rings. The Hall–Kier alpha value is -3.87. The summed E-state index contributed by atoms with van der Waals surface area (Å²) in [6.07, 6.45) is 9.11. The number of rotatable bonds is 3. The van der Waals surface area contributed by atoms with Crippen LogP contribution in [0.25, 0.3) is 33.7 Å². The zero-order valence-corrected chi connectivity index (χ0v) is 14.6. The number of imidazole rings is 1. The lowest BCUT2D eigenvalue weighted by Crippen LogP contribution is -2.07. The Morgan fingerprint density at radius 3 is 2.33 bits per heavy atom. The van der Waals surface area contributed by atoms with Gasteiger partial charge in [0.05, 0.1) is 11.9 Å². The molecule has 5 rings (SSSR count). The lowest BCUT2D eigenvalue weighted by atomic mass is 10.1. The van der Waals surface area contributed by atoms with Crippen LogP contribution < -0.4 is 0 Å². The van der Waals surface area contributed by atoms with Crippen molar-refractivity contribution in [2.24, 2.45) is 0 Å². The predicted molar refractivity (Wildman–Crippen MR) is 102 cm³/mol. The largest absolute Gasteiger partial charge is 0.286 e. The molecule has 4 aromatic heterocycles. The molecule has 0 atom stereocenters. The summed E-state index contributed by atoms with van der Waals surface area (Å²) in [5.74, 6) is 2.29. The molecule has 0 spiro atoms. The molecule has 0 aliphatic heterocycles. The molecule has 0 aliphatic rings. The third kappa shape index (κ3) is 2.56. The van der Waals surface area contributed by atoms with E-state index in [9.17, 15) is 0 Å². The third-order valence-corrected chi connectivity index (χ3v) is 4.46. The first-order valence-corrected chi connectivity index (χ1v) is 8.53. The van der Waals surface area contributed by atoms with E-state index < -0.39 is 0 Å². The Bertz CT molecular complexity index is 1240. The number of aromatic nitrogens is 7. The van der Waals surface area contributed by atoms with E-state index in [1.54, 1.807) is 23.3 Å². The van der Waals surface area contributed by atoms with Gasteiger partial charge in [-0.25, -0.2) is 9.67 Å². The number of fused-ring (bicyclic) bond motifs is 1. The molecule has 5 aromatic rings. The molecule has 0 N–H and O–H groups in total. The van der Waals surface area contributed by atoms with Gasteiger partial charge in [0.2, 0.25) is 0 Å². The van der Waals surface area contributed by atoms with Crippen LogP contribution in [0.1, 0.15) is 5.82 Å². The second kappa shape index (κ2) is 6.14. The Labute approximate surface area is 155 Å². The fourth-order valence-electron chi connectivity index (χ4n) is 3.13.